The van der Waals surface area contributed by atoms with Gasteiger partial charge in [0.15, 0.2) is 0 Å². The van der Waals surface area contributed by atoms with Crippen LogP contribution in [0.1, 0.15) is 54.5 Å². The molecule has 1 aliphatic heterocycles. The van der Waals surface area contributed by atoms with E-state index >= 15 is 0 Å². The number of anilines is 1. The lowest BCUT2D eigenvalue weighted by molar-refractivity contribution is -0.147. The number of rotatable bonds is 8. The minimum absolute atomic E-state index is 0.223. The van der Waals surface area contributed by atoms with Crippen LogP contribution in [0.4, 0.5) is 10.1 Å². The number of piperidine rings is 1. The molecule has 1 saturated heterocycles. The SMILES string of the molecule is CCOC(=O)C(C)CC(=S)N1CCC(c2nc(C(=O)Nc3ccc(F)cc3-c3ccc(Cl)cc3)cs2)CC1. The summed E-state index contributed by atoms with van der Waals surface area (Å²) in [5, 5.41) is 6.13. The number of thiazole rings is 1. The van der Waals surface area contributed by atoms with E-state index in [1.54, 1.807) is 42.6 Å². The number of hydrogen-bond donors (Lipinski definition) is 1. The molecule has 1 unspecified atom stereocenters. The molecule has 10 heteroatoms. The molecule has 4 rings (SSSR count). The Morgan fingerprint density at radius 3 is 2.63 bits per heavy atom. The molecule has 1 aliphatic rings. The highest BCUT2D eigenvalue weighted by molar-refractivity contribution is 7.80. The Morgan fingerprint density at radius 2 is 1.95 bits per heavy atom. The Bertz CT molecular complexity index is 1310. The Kier molecular flexibility index (Phi) is 9.46. The van der Waals surface area contributed by atoms with Gasteiger partial charge >= 0.3 is 5.97 Å². The lowest BCUT2D eigenvalue weighted by Gasteiger charge is -2.33. The first-order valence-electron chi connectivity index (χ1n) is 12.5. The highest BCUT2D eigenvalue weighted by Crippen LogP contribution is 2.33. The second kappa shape index (κ2) is 12.8. The number of carbonyl (C=O) groups is 2. The Hall–Kier alpha value is -2.88. The van der Waals surface area contributed by atoms with Crippen LogP contribution < -0.4 is 5.32 Å². The number of carbonyl (C=O) groups excluding carboxylic acids is 2. The van der Waals surface area contributed by atoms with Crippen LogP contribution in [0, 0.1) is 11.7 Å². The number of esters is 1. The van der Waals surface area contributed by atoms with Crippen molar-refractivity contribution in [3.05, 3.63) is 69.4 Å². The molecule has 0 radical (unpaired) electrons. The summed E-state index contributed by atoms with van der Waals surface area (Å²) in [6.07, 6.45) is 2.23. The maximum Gasteiger partial charge on any atom is 0.309 e. The number of hydrogen-bond acceptors (Lipinski definition) is 6. The van der Waals surface area contributed by atoms with E-state index in [0.29, 0.717) is 35.0 Å². The summed E-state index contributed by atoms with van der Waals surface area (Å²) in [5.41, 5.74) is 2.13. The second-order valence-electron chi connectivity index (χ2n) is 9.23. The molecule has 0 spiro atoms. The van der Waals surface area contributed by atoms with E-state index in [-0.39, 0.29) is 23.7 Å². The molecular formula is C28H29ClFN3O3S2. The summed E-state index contributed by atoms with van der Waals surface area (Å²) in [7, 11) is 0. The zero-order valence-corrected chi connectivity index (χ0v) is 23.6. The minimum Gasteiger partial charge on any atom is -0.466 e. The van der Waals surface area contributed by atoms with Gasteiger partial charge < -0.3 is 15.0 Å². The molecule has 1 atom stereocenters. The Balaban J connectivity index is 1.36. The molecule has 1 N–H and O–H groups in total. The molecule has 38 heavy (non-hydrogen) atoms. The fourth-order valence-electron chi connectivity index (χ4n) is 4.39. The van der Waals surface area contributed by atoms with Crippen molar-refractivity contribution in [2.75, 3.05) is 25.0 Å². The summed E-state index contributed by atoms with van der Waals surface area (Å²) in [6.45, 7) is 5.55. The van der Waals surface area contributed by atoms with Crippen LogP contribution >= 0.6 is 35.2 Å². The van der Waals surface area contributed by atoms with Crippen molar-refractivity contribution in [3.8, 4) is 11.1 Å². The molecule has 1 aromatic heterocycles. The third kappa shape index (κ3) is 6.95. The van der Waals surface area contributed by atoms with Crippen LogP contribution in [0.25, 0.3) is 11.1 Å². The van der Waals surface area contributed by atoms with Crippen LogP contribution in [0.2, 0.25) is 5.02 Å². The summed E-state index contributed by atoms with van der Waals surface area (Å²) in [4.78, 5) is 32.5. The highest BCUT2D eigenvalue weighted by Gasteiger charge is 2.27. The fourth-order valence-corrected chi connectivity index (χ4v) is 5.92. The summed E-state index contributed by atoms with van der Waals surface area (Å²) < 4.78 is 19.1. The number of nitrogens with one attached hydrogen (secondary N) is 1. The summed E-state index contributed by atoms with van der Waals surface area (Å²) in [5.74, 6) is -0.995. The standard InChI is InChI=1S/C28H29ClFN3O3S2/c1-3-36-28(35)17(2)14-25(37)33-12-10-19(11-13-33)27-32-24(16-38-27)26(34)31-23-9-8-21(30)15-22(23)18-4-6-20(29)7-5-18/h4-9,15-17,19H,3,10-14H2,1-2H3,(H,31,34). The topological polar surface area (TPSA) is 71.5 Å². The summed E-state index contributed by atoms with van der Waals surface area (Å²) >= 11 is 13.1. The van der Waals surface area contributed by atoms with E-state index < -0.39 is 5.82 Å². The number of amides is 1. The van der Waals surface area contributed by atoms with Gasteiger partial charge in [-0.2, -0.15) is 0 Å². The predicted molar refractivity (Wildman–Crippen MR) is 153 cm³/mol. The number of ether oxygens (including phenoxy) is 1. The largest absolute Gasteiger partial charge is 0.466 e. The molecule has 2 heterocycles. The van der Waals surface area contributed by atoms with Gasteiger partial charge in [-0.25, -0.2) is 9.37 Å². The minimum atomic E-state index is -0.398. The molecule has 0 saturated carbocycles. The van der Waals surface area contributed by atoms with E-state index in [2.05, 4.69) is 15.2 Å². The molecule has 1 amide bonds. The quantitative estimate of drug-likeness (QED) is 0.232. The number of likely N-dealkylation sites (tertiary alicyclic amines) is 1. The van der Waals surface area contributed by atoms with Crippen molar-refractivity contribution >= 4 is 57.7 Å². The lowest BCUT2D eigenvalue weighted by atomic mass is 9.97. The van der Waals surface area contributed by atoms with Crippen LogP contribution in [0.15, 0.2) is 47.8 Å². The van der Waals surface area contributed by atoms with Crippen LogP contribution in [-0.4, -0.2) is 46.4 Å². The number of aromatic nitrogens is 1. The van der Waals surface area contributed by atoms with E-state index in [0.717, 1.165) is 41.5 Å². The predicted octanol–water partition coefficient (Wildman–Crippen LogP) is 6.95. The monoisotopic (exact) mass is 573 g/mol. The molecule has 6 nitrogen and oxygen atoms in total. The lowest BCUT2D eigenvalue weighted by Crippen LogP contribution is -2.38. The fraction of sp³-hybridized carbons (Fsp3) is 0.357. The first-order chi connectivity index (χ1) is 18.2. The smallest absolute Gasteiger partial charge is 0.309 e. The molecule has 3 aromatic rings. The number of benzene rings is 2. The van der Waals surface area contributed by atoms with Gasteiger partial charge in [-0.1, -0.05) is 42.9 Å². The average Bonchev–Trinajstić information content (AvgIpc) is 3.41. The number of thiocarbonyl (C=S) groups is 1. The van der Waals surface area contributed by atoms with Crippen molar-refractivity contribution in [1.82, 2.24) is 9.88 Å². The maximum absolute atomic E-state index is 14.0. The third-order valence-corrected chi connectivity index (χ3v) is 8.19. The van der Waals surface area contributed by atoms with Crippen molar-refractivity contribution in [2.45, 2.75) is 39.0 Å². The zero-order chi connectivity index (χ0) is 27.2. The van der Waals surface area contributed by atoms with E-state index in [4.69, 9.17) is 28.6 Å². The Labute approximate surface area is 236 Å². The first kappa shape index (κ1) is 28.1. The average molecular weight is 574 g/mol. The van der Waals surface area contributed by atoms with Crippen LogP contribution in [0.3, 0.4) is 0 Å². The third-order valence-electron chi connectivity index (χ3n) is 6.51. The molecule has 0 bridgehead atoms. The van der Waals surface area contributed by atoms with Gasteiger partial charge in [0.05, 0.1) is 22.5 Å². The molecule has 2 aromatic carbocycles. The number of halogens is 2. The van der Waals surface area contributed by atoms with E-state index in [9.17, 15) is 14.0 Å². The number of nitrogens with zero attached hydrogens (tertiary/aromatic N) is 2. The van der Waals surface area contributed by atoms with Crippen LogP contribution in [0.5, 0.6) is 0 Å². The normalized spacial score (nSPS) is 14.7. The zero-order valence-electron chi connectivity index (χ0n) is 21.2. The van der Waals surface area contributed by atoms with Gasteiger partial charge in [0, 0.05) is 47.1 Å². The van der Waals surface area contributed by atoms with Gasteiger partial charge in [0.25, 0.3) is 5.91 Å². The van der Waals surface area contributed by atoms with Crippen LogP contribution in [-0.2, 0) is 9.53 Å². The van der Waals surface area contributed by atoms with E-state index in [1.807, 2.05) is 6.92 Å². The van der Waals surface area contributed by atoms with Gasteiger partial charge in [0.2, 0.25) is 0 Å². The van der Waals surface area contributed by atoms with Crippen molar-refractivity contribution in [1.29, 1.82) is 0 Å². The molecule has 200 valence electrons. The van der Waals surface area contributed by atoms with Crippen molar-refractivity contribution in [3.63, 3.8) is 0 Å². The van der Waals surface area contributed by atoms with Gasteiger partial charge in [-0.15, -0.1) is 11.3 Å². The first-order valence-corrected chi connectivity index (χ1v) is 14.2. The molecular weight excluding hydrogens is 545 g/mol. The Morgan fingerprint density at radius 1 is 1.24 bits per heavy atom. The van der Waals surface area contributed by atoms with Gasteiger partial charge in [-0.05, 0) is 55.7 Å². The highest BCUT2D eigenvalue weighted by atomic mass is 35.5. The molecule has 0 aliphatic carbocycles. The second-order valence-corrected chi connectivity index (χ2v) is 11.0. The van der Waals surface area contributed by atoms with Crippen molar-refractivity contribution < 1.29 is 18.7 Å². The van der Waals surface area contributed by atoms with E-state index in [1.165, 1.54) is 23.5 Å². The van der Waals surface area contributed by atoms with Crippen molar-refractivity contribution in [2.24, 2.45) is 5.92 Å². The molecule has 1 fully saturated rings. The summed E-state index contributed by atoms with van der Waals surface area (Å²) in [6, 6.07) is 11.3. The maximum atomic E-state index is 14.0. The van der Waals surface area contributed by atoms with Gasteiger partial charge in [-0.3, -0.25) is 9.59 Å². The van der Waals surface area contributed by atoms with Gasteiger partial charge in [0.1, 0.15) is 11.5 Å².